The van der Waals surface area contributed by atoms with Gasteiger partial charge in [0.1, 0.15) is 5.82 Å². The summed E-state index contributed by atoms with van der Waals surface area (Å²) in [6.45, 7) is 5.01. The SMILES string of the molecule is CC(C)c1ccc(Nc2ccnc(NCc3ccc(Cl)cc3)n2)cc1. The molecule has 5 heteroatoms. The minimum Gasteiger partial charge on any atom is -0.350 e. The van der Waals surface area contributed by atoms with Crippen molar-refractivity contribution in [1.82, 2.24) is 9.97 Å². The summed E-state index contributed by atoms with van der Waals surface area (Å²) in [6, 6.07) is 18.0. The molecule has 0 amide bonds. The van der Waals surface area contributed by atoms with Gasteiger partial charge in [-0.05, 0) is 47.4 Å². The summed E-state index contributed by atoms with van der Waals surface area (Å²) in [7, 11) is 0. The number of rotatable bonds is 6. The van der Waals surface area contributed by atoms with E-state index in [0.29, 0.717) is 18.4 Å². The average Bonchev–Trinajstić information content (AvgIpc) is 2.62. The molecule has 0 radical (unpaired) electrons. The monoisotopic (exact) mass is 352 g/mol. The van der Waals surface area contributed by atoms with Crippen molar-refractivity contribution in [2.75, 3.05) is 10.6 Å². The normalized spacial score (nSPS) is 10.7. The van der Waals surface area contributed by atoms with Gasteiger partial charge in [0.2, 0.25) is 5.95 Å². The molecule has 1 aromatic heterocycles. The number of hydrogen-bond donors (Lipinski definition) is 2. The summed E-state index contributed by atoms with van der Waals surface area (Å²) < 4.78 is 0. The van der Waals surface area contributed by atoms with E-state index in [4.69, 9.17) is 11.6 Å². The number of aromatic nitrogens is 2. The molecule has 0 aliphatic carbocycles. The van der Waals surface area contributed by atoms with Crippen LogP contribution < -0.4 is 10.6 Å². The van der Waals surface area contributed by atoms with Gasteiger partial charge >= 0.3 is 0 Å². The van der Waals surface area contributed by atoms with Crippen molar-refractivity contribution in [3.63, 3.8) is 0 Å². The van der Waals surface area contributed by atoms with E-state index in [1.54, 1.807) is 6.20 Å². The van der Waals surface area contributed by atoms with E-state index >= 15 is 0 Å². The predicted molar refractivity (Wildman–Crippen MR) is 105 cm³/mol. The van der Waals surface area contributed by atoms with Gasteiger partial charge in [-0.2, -0.15) is 4.98 Å². The maximum atomic E-state index is 5.90. The Labute approximate surface area is 153 Å². The quantitative estimate of drug-likeness (QED) is 0.605. The third-order valence-corrected chi connectivity index (χ3v) is 4.12. The molecule has 0 bridgehead atoms. The fraction of sp³-hybridized carbons (Fsp3) is 0.200. The van der Waals surface area contributed by atoms with Gasteiger partial charge in [0.15, 0.2) is 0 Å². The minimum atomic E-state index is 0.525. The molecule has 0 fully saturated rings. The zero-order chi connectivity index (χ0) is 17.6. The highest BCUT2D eigenvalue weighted by Gasteiger charge is 2.02. The van der Waals surface area contributed by atoms with Crippen molar-refractivity contribution in [3.8, 4) is 0 Å². The van der Waals surface area contributed by atoms with Crippen molar-refractivity contribution in [2.24, 2.45) is 0 Å². The smallest absolute Gasteiger partial charge is 0.224 e. The van der Waals surface area contributed by atoms with E-state index in [0.717, 1.165) is 22.1 Å². The molecule has 0 unspecified atom stereocenters. The Morgan fingerprint density at radius 3 is 2.36 bits per heavy atom. The Morgan fingerprint density at radius 1 is 0.960 bits per heavy atom. The van der Waals surface area contributed by atoms with Gasteiger partial charge in [0.25, 0.3) is 0 Å². The van der Waals surface area contributed by atoms with E-state index in [-0.39, 0.29) is 0 Å². The summed E-state index contributed by atoms with van der Waals surface area (Å²) in [5.41, 5.74) is 3.45. The zero-order valence-electron chi connectivity index (χ0n) is 14.3. The predicted octanol–water partition coefficient (Wildman–Crippen LogP) is 5.61. The van der Waals surface area contributed by atoms with Crippen molar-refractivity contribution in [3.05, 3.63) is 76.9 Å². The van der Waals surface area contributed by atoms with Crippen molar-refractivity contribution < 1.29 is 0 Å². The molecular formula is C20H21ClN4. The van der Waals surface area contributed by atoms with Crippen LogP contribution in [0.2, 0.25) is 5.02 Å². The molecule has 2 N–H and O–H groups in total. The second-order valence-corrected chi connectivity index (χ2v) is 6.58. The Bertz CT molecular complexity index is 814. The van der Waals surface area contributed by atoms with E-state index in [1.165, 1.54) is 5.56 Å². The number of halogens is 1. The third kappa shape index (κ3) is 4.94. The van der Waals surface area contributed by atoms with E-state index in [1.807, 2.05) is 30.3 Å². The van der Waals surface area contributed by atoms with E-state index in [2.05, 4.69) is 58.7 Å². The molecule has 128 valence electrons. The highest BCUT2D eigenvalue weighted by Crippen LogP contribution is 2.20. The standard InChI is InChI=1S/C20H21ClN4/c1-14(2)16-5-9-18(10-6-16)24-19-11-12-22-20(25-19)23-13-15-3-7-17(21)8-4-15/h3-12,14H,13H2,1-2H3,(H2,22,23,24,25). The second-order valence-electron chi connectivity index (χ2n) is 6.15. The van der Waals surface area contributed by atoms with Gasteiger partial charge in [-0.25, -0.2) is 4.98 Å². The van der Waals surface area contributed by atoms with Gasteiger partial charge in [-0.1, -0.05) is 49.7 Å². The lowest BCUT2D eigenvalue weighted by Crippen LogP contribution is -2.04. The molecule has 0 atom stereocenters. The fourth-order valence-electron chi connectivity index (χ4n) is 2.40. The Balaban J connectivity index is 1.63. The Morgan fingerprint density at radius 2 is 1.68 bits per heavy atom. The van der Waals surface area contributed by atoms with Crippen LogP contribution in [0.5, 0.6) is 0 Å². The van der Waals surface area contributed by atoms with E-state index in [9.17, 15) is 0 Å². The lowest BCUT2D eigenvalue weighted by Gasteiger charge is -2.10. The van der Waals surface area contributed by atoms with Crippen LogP contribution >= 0.6 is 11.6 Å². The van der Waals surface area contributed by atoms with Crippen LogP contribution in [0, 0.1) is 0 Å². The number of benzene rings is 2. The zero-order valence-corrected chi connectivity index (χ0v) is 15.1. The molecule has 25 heavy (non-hydrogen) atoms. The minimum absolute atomic E-state index is 0.525. The number of nitrogens with one attached hydrogen (secondary N) is 2. The van der Waals surface area contributed by atoms with Crippen molar-refractivity contribution >= 4 is 29.1 Å². The topological polar surface area (TPSA) is 49.8 Å². The summed E-state index contributed by atoms with van der Waals surface area (Å²) in [6.07, 6.45) is 1.74. The Hall–Kier alpha value is -2.59. The summed E-state index contributed by atoms with van der Waals surface area (Å²) in [4.78, 5) is 8.76. The molecule has 0 spiro atoms. The van der Waals surface area contributed by atoms with Crippen molar-refractivity contribution in [1.29, 1.82) is 0 Å². The molecule has 3 rings (SSSR count). The van der Waals surface area contributed by atoms with Crippen LogP contribution in [0.15, 0.2) is 60.8 Å². The highest BCUT2D eigenvalue weighted by molar-refractivity contribution is 6.30. The largest absolute Gasteiger partial charge is 0.350 e. The van der Waals surface area contributed by atoms with Crippen LogP contribution in [0.4, 0.5) is 17.5 Å². The number of nitrogens with zero attached hydrogens (tertiary/aromatic N) is 2. The first kappa shape index (κ1) is 17.2. The van der Waals surface area contributed by atoms with Crippen molar-refractivity contribution in [2.45, 2.75) is 26.3 Å². The van der Waals surface area contributed by atoms with E-state index < -0.39 is 0 Å². The molecular weight excluding hydrogens is 332 g/mol. The molecule has 3 aromatic rings. The van der Waals surface area contributed by atoms with Crippen LogP contribution in [-0.4, -0.2) is 9.97 Å². The molecule has 4 nitrogen and oxygen atoms in total. The lowest BCUT2D eigenvalue weighted by atomic mass is 10.0. The lowest BCUT2D eigenvalue weighted by molar-refractivity contribution is 0.867. The first-order valence-electron chi connectivity index (χ1n) is 8.28. The molecule has 0 aliphatic rings. The second kappa shape index (κ2) is 7.99. The molecule has 0 saturated carbocycles. The summed E-state index contributed by atoms with van der Waals surface area (Å²) in [5, 5.41) is 7.26. The molecule has 0 aliphatic heterocycles. The van der Waals surface area contributed by atoms with Crippen LogP contribution in [-0.2, 0) is 6.54 Å². The molecule has 0 saturated heterocycles. The van der Waals surface area contributed by atoms with Crippen LogP contribution in [0.25, 0.3) is 0 Å². The van der Waals surface area contributed by atoms with Gasteiger partial charge in [0, 0.05) is 23.5 Å². The van der Waals surface area contributed by atoms with Crippen LogP contribution in [0.3, 0.4) is 0 Å². The first-order chi connectivity index (χ1) is 12.1. The molecule has 1 heterocycles. The van der Waals surface area contributed by atoms with Gasteiger partial charge < -0.3 is 10.6 Å². The maximum Gasteiger partial charge on any atom is 0.224 e. The maximum absolute atomic E-state index is 5.90. The van der Waals surface area contributed by atoms with Gasteiger partial charge in [0.05, 0.1) is 0 Å². The third-order valence-electron chi connectivity index (χ3n) is 3.87. The number of anilines is 3. The number of hydrogen-bond acceptors (Lipinski definition) is 4. The van der Waals surface area contributed by atoms with Crippen LogP contribution in [0.1, 0.15) is 30.9 Å². The van der Waals surface area contributed by atoms with Gasteiger partial charge in [-0.15, -0.1) is 0 Å². The molecule has 2 aromatic carbocycles. The highest BCUT2D eigenvalue weighted by atomic mass is 35.5. The van der Waals surface area contributed by atoms with Gasteiger partial charge in [-0.3, -0.25) is 0 Å². The fourth-order valence-corrected chi connectivity index (χ4v) is 2.52. The first-order valence-corrected chi connectivity index (χ1v) is 8.66. The summed E-state index contributed by atoms with van der Waals surface area (Å²) >= 11 is 5.90. The summed E-state index contributed by atoms with van der Waals surface area (Å²) in [5.74, 6) is 1.86. The average molecular weight is 353 g/mol. The Kier molecular flexibility index (Phi) is 5.51.